The number of alkyl halides is 1. The highest BCUT2D eigenvalue weighted by Crippen LogP contribution is 2.38. The summed E-state index contributed by atoms with van der Waals surface area (Å²) in [5, 5.41) is 0. The van der Waals surface area contributed by atoms with E-state index in [9.17, 15) is 4.79 Å². The number of rotatable bonds is 2. The zero-order valence-electron chi connectivity index (χ0n) is 11.0. The molecule has 2 rings (SSSR count). The third kappa shape index (κ3) is 2.17. The highest BCUT2D eigenvalue weighted by atomic mass is 35.5. The van der Waals surface area contributed by atoms with E-state index >= 15 is 0 Å². The van der Waals surface area contributed by atoms with Crippen molar-refractivity contribution in [1.29, 1.82) is 0 Å². The van der Waals surface area contributed by atoms with Crippen molar-refractivity contribution in [3.8, 4) is 0 Å². The summed E-state index contributed by atoms with van der Waals surface area (Å²) in [4.78, 5) is 14.2. The fourth-order valence-corrected chi connectivity index (χ4v) is 2.79. The third-order valence-electron chi connectivity index (χ3n) is 3.27. The first-order chi connectivity index (χ1) is 8.47. The number of carbonyl (C=O) groups excluding carboxylic acids is 1. The minimum absolute atomic E-state index is 0.0752. The highest BCUT2D eigenvalue weighted by Gasteiger charge is 2.34. The van der Waals surface area contributed by atoms with E-state index in [0.29, 0.717) is 12.3 Å². The van der Waals surface area contributed by atoms with Crippen LogP contribution >= 0.6 is 11.6 Å². The second-order valence-corrected chi connectivity index (χ2v) is 5.54. The highest BCUT2D eigenvalue weighted by molar-refractivity contribution is 6.19. The van der Waals surface area contributed by atoms with Gasteiger partial charge in [-0.3, -0.25) is 4.79 Å². The normalized spacial score (nSPS) is 17.1. The topological polar surface area (TPSA) is 20.3 Å². The summed E-state index contributed by atoms with van der Waals surface area (Å²) < 4.78 is 0. The molecular weight excluding hydrogens is 246 g/mol. The summed E-state index contributed by atoms with van der Waals surface area (Å²) >= 11 is 5.70. The monoisotopic (exact) mass is 263 g/mol. The number of fused-ring (bicyclic) bond motifs is 1. The number of carbonyl (C=O) groups is 1. The smallest absolute Gasteiger partial charge is 0.228 e. The van der Waals surface area contributed by atoms with Gasteiger partial charge in [0.15, 0.2) is 0 Å². The van der Waals surface area contributed by atoms with Gasteiger partial charge in [0.2, 0.25) is 5.91 Å². The number of benzene rings is 1. The van der Waals surface area contributed by atoms with Crippen LogP contribution in [-0.4, -0.2) is 17.3 Å². The van der Waals surface area contributed by atoms with Crippen molar-refractivity contribution in [2.24, 2.45) is 0 Å². The van der Waals surface area contributed by atoms with E-state index in [-0.39, 0.29) is 11.4 Å². The van der Waals surface area contributed by atoms with Crippen molar-refractivity contribution >= 4 is 28.8 Å². The Hall–Kier alpha value is -1.28. The Bertz CT molecular complexity index is 505. The molecule has 96 valence electrons. The van der Waals surface area contributed by atoms with Crippen LogP contribution in [0.5, 0.6) is 0 Å². The van der Waals surface area contributed by atoms with E-state index in [1.54, 1.807) is 0 Å². The number of hydrogen-bond donors (Lipinski definition) is 0. The molecule has 0 N–H and O–H groups in total. The van der Waals surface area contributed by atoms with Crippen LogP contribution < -0.4 is 4.90 Å². The molecule has 0 radical (unpaired) electrons. The molecule has 0 aromatic heterocycles. The van der Waals surface area contributed by atoms with Crippen LogP contribution in [0.15, 0.2) is 30.3 Å². The Labute approximate surface area is 113 Å². The zero-order chi connectivity index (χ0) is 13.3. The second kappa shape index (κ2) is 4.77. The van der Waals surface area contributed by atoms with Gasteiger partial charge in [0.25, 0.3) is 0 Å². The largest absolute Gasteiger partial charge is 0.303 e. The summed E-state index contributed by atoms with van der Waals surface area (Å²) in [6.07, 6.45) is 2.51. The van der Waals surface area contributed by atoms with E-state index in [1.165, 1.54) is 5.57 Å². The predicted octanol–water partition coefficient (Wildman–Crippen LogP) is 3.84. The molecule has 0 atom stereocenters. The third-order valence-corrected chi connectivity index (χ3v) is 3.46. The van der Waals surface area contributed by atoms with Crippen molar-refractivity contribution in [2.45, 2.75) is 32.7 Å². The van der Waals surface area contributed by atoms with Crippen molar-refractivity contribution in [3.05, 3.63) is 35.9 Å². The number of amides is 1. The molecule has 0 saturated carbocycles. The number of nitrogens with zero attached hydrogens (tertiary/aromatic N) is 1. The van der Waals surface area contributed by atoms with E-state index in [4.69, 9.17) is 11.6 Å². The van der Waals surface area contributed by atoms with Crippen LogP contribution in [0.1, 0.15) is 32.8 Å². The summed E-state index contributed by atoms with van der Waals surface area (Å²) in [5.74, 6) is 0.433. The molecule has 2 nitrogen and oxygen atoms in total. The van der Waals surface area contributed by atoms with Crippen molar-refractivity contribution in [3.63, 3.8) is 0 Å². The lowest BCUT2D eigenvalue weighted by Crippen LogP contribution is -2.49. The van der Waals surface area contributed by atoms with Crippen molar-refractivity contribution < 1.29 is 4.79 Å². The minimum Gasteiger partial charge on any atom is -0.303 e. The quantitative estimate of drug-likeness (QED) is 0.743. The van der Waals surface area contributed by atoms with E-state index < -0.39 is 0 Å². The van der Waals surface area contributed by atoms with Crippen molar-refractivity contribution in [1.82, 2.24) is 0 Å². The average molecular weight is 264 g/mol. The fourth-order valence-electron chi connectivity index (χ4n) is 2.63. The van der Waals surface area contributed by atoms with Gasteiger partial charge in [-0.05, 0) is 32.4 Å². The lowest BCUT2D eigenvalue weighted by Gasteiger charge is -2.41. The van der Waals surface area contributed by atoms with Crippen LogP contribution in [0.3, 0.4) is 0 Å². The van der Waals surface area contributed by atoms with Gasteiger partial charge in [-0.25, -0.2) is 0 Å². The number of hydrogen-bond acceptors (Lipinski definition) is 1. The molecule has 1 aliphatic rings. The minimum atomic E-state index is -0.304. The van der Waals surface area contributed by atoms with Crippen LogP contribution in [0, 0.1) is 0 Å². The van der Waals surface area contributed by atoms with Gasteiger partial charge in [-0.2, -0.15) is 0 Å². The van der Waals surface area contributed by atoms with Gasteiger partial charge in [0.1, 0.15) is 0 Å². The summed E-state index contributed by atoms with van der Waals surface area (Å²) in [5.41, 5.74) is 3.02. The van der Waals surface area contributed by atoms with Gasteiger partial charge < -0.3 is 4.90 Å². The molecule has 0 aliphatic carbocycles. The summed E-state index contributed by atoms with van der Waals surface area (Å²) in [7, 11) is 0. The molecule has 1 heterocycles. The number of para-hydroxylation sites is 1. The lowest BCUT2D eigenvalue weighted by atomic mass is 9.88. The first kappa shape index (κ1) is 13.2. The molecule has 0 fully saturated rings. The molecule has 1 amide bonds. The zero-order valence-corrected chi connectivity index (χ0v) is 11.8. The second-order valence-electron chi connectivity index (χ2n) is 5.17. The number of allylic oxidation sites excluding steroid dienone is 1. The Kier molecular flexibility index (Phi) is 3.49. The molecule has 0 spiro atoms. The van der Waals surface area contributed by atoms with Crippen LogP contribution in [-0.2, 0) is 4.79 Å². The molecule has 0 unspecified atom stereocenters. The van der Waals surface area contributed by atoms with Crippen molar-refractivity contribution in [2.75, 3.05) is 10.8 Å². The number of anilines is 1. The molecule has 0 saturated heterocycles. The Morgan fingerprint density at radius 3 is 2.67 bits per heavy atom. The first-order valence-corrected chi connectivity index (χ1v) is 6.68. The molecule has 3 heteroatoms. The van der Waals surface area contributed by atoms with E-state index in [1.807, 2.05) is 23.1 Å². The van der Waals surface area contributed by atoms with Crippen LogP contribution in [0.2, 0.25) is 0 Å². The maximum atomic E-state index is 12.3. The van der Waals surface area contributed by atoms with E-state index in [0.717, 1.165) is 11.3 Å². The maximum absolute atomic E-state index is 12.3. The van der Waals surface area contributed by atoms with Gasteiger partial charge >= 0.3 is 0 Å². The summed E-state index contributed by atoms with van der Waals surface area (Å²) in [6, 6.07) is 8.02. The van der Waals surface area contributed by atoms with E-state index in [2.05, 4.69) is 32.9 Å². The fraction of sp³-hybridized carbons (Fsp3) is 0.400. The molecule has 18 heavy (non-hydrogen) atoms. The average Bonchev–Trinajstić information content (AvgIpc) is 2.28. The van der Waals surface area contributed by atoms with Crippen LogP contribution in [0.4, 0.5) is 5.69 Å². The number of halogens is 1. The Balaban J connectivity index is 2.54. The summed E-state index contributed by atoms with van der Waals surface area (Å²) in [6.45, 7) is 6.20. The first-order valence-electron chi connectivity index (χ1n) is 6.15. The molecule has 1 aromatic rings. The predicted molar refractivity (Wildman–Crippen MR) is 77.0 cm³/mol. The standard InChI is InChI=1S/C15H18ClNO/c1-11-10-15(2,3)17(14(18)8-9-16)13-7-5-4-6-12(11)13/h4-7,10H,8-9H2,1-3H3. The van der Waals surface area contributed by atoms with Gasteiger partial charge in [-0.15, -0.1) is 11.6 Å². The maximum Gasteiger partial charge on any atom is 0.228 e. The lowest BCUT2D eigenvalue weighted by molar-refractivity contribution is -0.119. The molecule has 0 bridgehead atoms. The van der Waals surface area contributed by atoms with Gasteiger partial charge in [0.05, 0.1) is 11.2 Å². The molecule has 1 aromatic carbocycles. The van der Waals surface area contributed by atoms with Gasteiger partial charge in [0, 0.05) is 17.9 Å². The molecule has 1 aliphatic heterocycles. The Morgan fingerprint density at radius 1 is 1.33 bits per heavy atom. The molecular formula is C15H18ClNO. The Morgan fingerprint density at radius 2 is 2.00 bits per heavy atom. The SMILES string of the molecule is CC1=CC(C)(C)N(C(=O)CCCl)c2ccccc21. The van der Waals surface area contributed by atoms with Gasteiger partial charge in [-0.1, -0.05) is 24.3 Å². The van der Waals surface area contributed by atoms with Crippen LogP contribution in [0.25, 0.3) is 5.57 Å².